The van der Waals surface area contributed by atoms with Gasteiger partial charge in [-0.1, -0.05) is 30.5 Å². The molecule has 0 bridgehead atoms. The third kappa shape index (κ3) is 3.30. The second-order valence-corrected chi connectivity index (χ2v) is 5.97. The van der Waals surface area contributed by atoms with Crippen molar-refractivity contribution >= 4 is 23.3 Å². The van der Waals surface area contributed by atoms with E-state index in [9.17, 15) is 9.18 Å². The molecule has 2 aromatic rings. The molecule has 0 aliphatic heterocycles. The first kappa shape index (κ1) is 15.0. The fourth-order valence-corrected chi connectivity index (χ4v) is 3.11. The SMILES string of the molecule is O=C(Cc1ccc(F)cc1Cl)Nc1ccnn1C1CCCC1. The topological polar surface area (TPSA) is 46.9 Å². The van der Waals surface area contributed by atoms with Gasteiger partial charge in [-0.3, -0.25) is 4.79 Å². The summed E-state index contributed by atoms with van der Waals surface area (Å²) in [6.45, 7) is 0. The van der Waals surface area contributed by atoms with Gasteiger partial charge < -0.3 is 5.32 Å². The van der Waals surface area contributed by atoms with E-state index in [2.05, 4.69) is 10.4 Å². The number of carbonyl (C=O) groups excluding carboxylic acids is 1. The van der Waals surface area contributed by atoms with Gasteiger partial charge in [0.05, 0.1) is 18.7 Å². The number of amides is 1. The third-order valence-electron chi connectivity index (χ3n) is 3.97. The molecular formula is C16H17ClFN3O. The predicted molar refractivity (Wildman–Crippen MR) is 83.5 cm³/mol. The molecule has 1 amide bonds. The molecule has 4 nitrogen and oxygen atoms in total. The van der Waals surface area contributed by atoms with Crippen molar-refractivity contribution in [2.75, 3.05) is 5.32 Å². The van der Waals surface area contributed by atoms with E-state index in [0.29, 0.717) is 17.4 Å². The molecule has 1 fully saturated rings. The van der Waals surface area contributed by atoms with E-state index in [-0.39, 0.29) is 17.4 Å². The van der Waals surface area contributed by atoms with Crippen LogP contribution in [0.3, 0.4) is 0 Å². The molecule has 0 atom stereocenters. The molecule has 1 aromatic heterocycles. The van der Waals surface area contributed by atoms with Crippen molar-refractivity contribution in [1.29, 1.82) is 0 Å². The molecule has 1 aliphatic carbocycles. The predicted octanol–water partition coefficient (Wildman–Crippen LogP) is 3.97. The molecule has 116 valence electrons. The van der Waals surface area contributed by atoms with Crippen LogP contribution in [0.5, 0.6) is 0 Å². The molecule has 0 saturated heterocycles. The van der Waals surface area contributed by atoms with Gasteiger partial charge in [0.15, 0.2) is 0 Å². The second kappa shape index (κ2) is 6.48. The number of hydrogen-bond acceptors (Lipinski definition) is 2. The minimum absolute atomic E-state index is 0.106. The Hall–Kier alpha value is -1.88. The summed E-state index contributed by atoms with van der Waals surface area (Å²) in [6, 6.07) is 6.21. The highest BCUT2D eigenvalue weighted by Gasteiger charge is 2.20. The summed E-state index contributed by atoms with van der Waals surface area (Å²) in [6.07, 6.45) is 6.38. The molecular weight excluding hydrogens is 305 g/mol. The lowest BCUT2D eigenvalue weighted by Crippen LogP contribution is -2.19. The lowest BCUT2D eigenvalue weighted by atomic mass is 10.1. The van der Waals surface area contributed by atoms with Crippen molar-refractivity contribution in [3.63, 3.8) is 0 Å². The van der Waals surface area contributed by atoms with Gasteiger partial charge in [0.2, 0.25) is 5.91 Å². The minimum atomic E-state index is -0.409. The van der Waals surface area contributed by atoms with Crippen LogP contribution in [0.15, 0.2) is 30.5 Å². The molecule has 22 heavy (non-hydrogen) atoms. The molecule has 6 heteroatoms. The van der Waals surface area contributed by atoms with E-state index in [1.54, 1.807) is 12.3 Å². The summed E-state index contributed by atoms with van der Waals surface area (Å²) in [5.74, 6) is 0.108. The molecule has 1 aromatic carbocycles. The van der Waals surface area contributed by atoms with Gasteiger partial charge in [0, 0.05) is 11.1 Å². The average molecular weight is 322 g/mol. The Balaban J connectivity index is 1.68. The van der Waals surface area contributed by atoms with Crippen LogP contribution in [0.2, 0.25) is 5.02 Å². The number of carbonyl (C=O) groups is 1. The lowest BCUT2D eigenvalue weighted by Gasteiger charge is -2.14. The largest absolute Gasteiger partial charge is 0.311 e. The van der Waals surface area contributed by atoms with E-state index in [4.69, 9.17) is 11.6 Å². The highest BCUT2D eigenvalue weighted by atomic mass is 35.5. The average Bonchev–Trinajstić information content (AvgIpc) is 3.12. The van der Waals surface area contributed by atoms with E-state index < -0.39 is 5.82 Å². The van der Waals surface area contributed by atoms with Crippen LogP contribution in [0.1, 0.15) is 37.3 Å². The van der Waals surface area contributed by atoms with Crippen molar-refractivity contribution in [3.8, 4) is 0 Å². The summed E-state index contributed by atoms with van der Waals surface area (Å²) in [5.41, 5.74) is 0.604. The van der Waals surface area contributed by atoms with Gasteiger partial charge in [-0.2, -0.15) is 5.10 Å². The Kier molecular flexibility index (Phi) is 4.43. The number of halogens is 2. The smallest absolute Gasteiger partial charge is 0.229 e. The maximum Gasteiger partial charge on any atom is 0.229 e. The highest BCUT2D eigenvalue weighted by molar-refractivity contribution is 6.31. The zero-order valence-corrected chi connectivity index (χ0v) is 12.8. The molecule has 1 saturated carbocycles. The van der Waals surface area contributed by atoms with Gasteiger partial charge in [-0.25, -0.2) is 9.07 Å². The number of aromatic nitrogens is 2. The van der Waals surface area contributed by atoms with Crippen molar-refractivity contribution in [2.45, 2.75) is 38.1 Å². The Morgan fingerprint density at radius 2 is 2.14 bits per heavy atom. The highest BCUT2D eigenvalue weighted by Crippen LogP contribution is 2.31. The van der Waals surface area contributed by atoms with Crippen LogP contribution >= 0.6 is 11.6 Å². The van der Waals surface area contributed by atoms with Gasteiger partial charge in [0.1, 0.15) is 11.6 Å². The first-order chi connectivity index (χ1) is 10.6. The molecule has 1 N–H and O–H groups in total. The zero-order chi connectivity index (χ0) is 15.5. The fraction of sp³-hybridized carbons (Fsp3) is 0.375. The first-order valence-corrected chi connectivity index (χ1v) is 7.78. The van der Waals surface area contributed by atoms with Crippen LogP contribution in [-0.2, 0) is 11.2 Å². The Bertz CT molecular complexity index is 680. The maximum atomic E-state index is 13.0. The van der Waals surface area contributed by atoms with Crippen molar-refractivity contribution in [2.24, 2.45) is 0 Å². The summed E-state index contributed by atoms with van der Waals surface area (Å²) < 4.78 is 14.9. The Morgan fingerprint density at radius 3 is 2.86 bits per heavy atom. The third-order valence-corrected chi connectivity index (χ3v) is 4.33. The minimum Gasteiger partial charge on any atom is -0.311 e. The van der Waals surface area contributed by atoms with Crippen LogP contribution in [-0.4, -0.2) is 15.7 Å². The Morgan fingerprint density at radius 1 is 1.36 bits per heavy atom. The molecule has 0 spiro atoms. The number of rotatable bonds is 4. The standard InChI is InChI=1S/C16H17ClFN3O/c17-14-10-12(18)6-5-11(14)9-16(22)20-15-7-8-19-21(15)13-3-1-2-4-13/h5-8,10,13H,1-4,9H2,(H,20,22). The quantitative estimate of drug-likeness (QED) is 0.926. The molecule has 1 heterocycles. The van der Waals surface area contributed by atoms with Gasteiger partial charge in [0.25, 0.3) is 0 Å². The summed E-state index contributed by atoms with van der Waals surface area (Å²) in [5, 5.41) is 7.44. The number of benzene rings is 1. The normalized spacial score (nSPS) is 15.2. The summed E-state index contributed by atoms with van der Waals surface area (Å²) >= 11 is 5.95. The van der Waals surface area contributed by atoms with Gasteiger partial charge >= 0.3 is 0 Å². The van der Waals surface area contributed by atoms with Crippen LogP contribution in [0.25, 0.3) is 0 Å². The number of hydrogen-bond donors (Lipinski definition) is 1. The first-order valence-electron chi connectivity index (χ1n) is 7.41. The lowest BCUT2D eigenvalue weighted by molar-refractivity contribution is -0.115. The number of nitrogens with one attached hydrogen (secondary N) is 1. The molecule has 0 radical (unpaired) electrons. The van der Waals surface area contributed by atoms with Crippen LogP contribution in [0, 0.1) is 5.82 Å². The summed E-state index contributed by atoms with van der Waals surface area (Å²) in [4.78, 5) is 12.2. The van der Waals surface area contributed by atoms with Gasteiger partial charge in [-0.15, -0.1) is 0 Å². The van der Waals surface area contributed by atoms with Crippen LogP contribution in [0.4, 0.5) is 10.2 Å². The number of anilines is 1. The van der Waals surface area contributed by atoms with E-state index >= 15 is 0 Å². The Labute approximate surface area is 133 Å². The zero-order valence-electron chi connectivity index (χ0n) is 12.1. The van der Waals surface area contributed by atoms with E-state index in [1.807, 2.05) is 4.68 Å². The molecule has 0 unspecified atom stereocenters. The maximum absolute atomic E-state index is 13.0. The fourth-order valence-electron chi connectivity index (χ4n) is 2.88. The number of nitrogens with zero attached hydrogens (tertiary/aromatic N) is 2. The van der Waals surface area contributed by atoms with Gasteiger partial charge in [-0.05, 0) is 30.5 Å². The van der Waals surface area contributed by atoms with Crippen LogP contribution < -0.4 is 5.32 Å². The van der Waals surface area contributed by atoms with E-state index in [1.165, 1.54) is 31.0 Å². The van der Waals surface area contributed by atoms with Crippen molar-refractivity contribution < 1.29 is 9.18 Å². The summed E-state index contributed by atoms with van der Waals surface area (Å²) in [7, 11) is 0. The van der Waals surface area contributed by atoms with E-state index in [0.717, 1.165) is 12.8 Å². The van der Waals surface area contributed by atoms with Crippen molar-refractivity contribution in [1.82, 2.24) is 9.78 Å². The second-order valence-electron chi connectivity index (χ2n) is 5.56. The molecule has 3 rings (SSSR count). The monoisotopic (exact) mass is 321 g/mol. The van der Waals surface area contributed by atoms with Crippen molar-refractivity contribution in [3.05, 3.63) is 46.9 Å². The molecule has 1 aliphatic rings.